The van der Waals surface area contributed by atoms with Gasteiger partial charge < -0.3 is 14.8 Å². The maximum absolute atomic E-state index is 12.1. The van der Waals surface area contributed by atoms with Gasteiger partial charge in [-0.1, -0.05) is 41.9 Å². The van der Waals surface area contributed by atoms with Crippen LogP contribution in [-0.4, -0.2) is 20.1 Å². The molecule has 0 atom stereocenters. The molecule has 2 aromatic rings. The third kappa shape index (κ3) is 4.15. The minimum atomic E-state index is -0.0912. The molecule has 0 bridgehead atoms. The molecule has 2 aromatic carbocycles. The Balaban J connectivity index is 2.04. The Morgan fingerprint density at radius 2 is 1.77 bits per heavy atom. The molecule has 0 radical (unpaired) electrons. The Hall–Kier alpha value is -2.20. The van der Waals surface area contributed by atoms with Crippen molar-refractivity contribution < 1.29 is 14.3 Å². The number of benzene rings is 2. The van der Waals surface area contributed by atoms with Crippen molar-refractivity contribution >= 4 is 23.2 Å². The summed E-state index contributed by atoms with van der Waals surface area (Å²) < 4.78 is 10.4. The van der Waals surface area contributed by atoms with Gasteiger partial charge in [0.15, 0.2) is 0 Å². The smallest absolute Gasteiger partial charge is 0.224 e. The molecule has 0 aromatic heterocycles. The lowest BCUT2D eigenvalue weighted by molar-refractivity contribution is -0.116. The molecule has 0 aliphatic rings. The van der Waals surface area contributed by atoms with Crippen LogP contribution in [0.2, 0.25) is 5.02 Å². The fourth-order valence-corrected chi connectivity index (χ4v) is 2.30. The first-order valence-corrected chi connectivity index (χ1v) is 7.27. The summed E-state index contributed by atoms with van der Waals surface area (Å²) in [5.74, 6) is 0.895. The standard InChI is InChI=1S/C17H18ClNO3/c1-21-15-11-14(16(22-2)10-13(15)18)19-17(20)9-8-12-6-4-3-5-7-12/h3-7,10-11H,8-9H2,1-2H3,(H,19,20). The molecule has 0 saturated carbocycles. The van der Waals surface area contributed by atoms with E-state index in [0.29, 0.717) is 35.1 Å². The highest BCUT2D eigenvalue weighted by Gasteiger charge is 2.12. The van der Waals surface area contributed by atoms with Crippen LogP contribution in [0.1, 0.15) is 12.0 Å². The Kier molecular flexibility index (Phi) is 5.67. The molecular weight excluding hydrogens is 302 g/mol. The van der Waals surface area contributed by atoms with E-state index in [2.05, 4.69) is 5.32 Å². The second-order valence-electron chi connectivity index (χ2n) is 4.72. The molecule has 0 spiro atoms. The summed E-state index contributed by atoms with van der Waals surface area (Å²) in [6, 6.07) is 13.1. The molecular formula is C17H18ClNO3. The van der Waals surface area contributed by atoms with Gasteiger partial charge in [0, 0.05) is 18.6 Å². The summed E-state index contributed by atoms with van der Waals surface area (Å²) in [6.07, 6.45) is 1.07. The number of anilines is 1. The topological polar surface area (TPSA) is 47.6 Å². The normalized spacial score (nSPS) is 10.1. The zero-order valence-electron chi connectivity index (χ0n) is 12.6. The number of hydrogen-bond acceptors (Lipinski definition) is 3. The summed E-state index contributed by atoms with van der Waals surface area (Å²) in [7, 11) is 3.05. The maximum atomic E-state index is 12.1. The van der Waals surface area contributed by atoms with Crippen molar-refractivity contribution in [2.24, 2.45) is 0 Å². The summed E-state index contributed by atoms with van der Waals surface area (Å²) in [6.45, 7) is 0. The van der Waals surface area contributed by atoms with Crippen LogP contribution >= 0.6 is 11.6 Å². The second-order valence-corrected chi connectivity index (χ2v) is 5.13. The lowest BCUT2D eigenvalue weighted by Crippen LogP contribution is -2.13. The molecule has 5 heteroatoms. The average Bonchev–Trinajstić information content (AvgIpc) is 2.55. The number of carbonyl (C=O) groups is 1. The number of amides is 1. The molecule has 22 heavy (non-hydrogen) atoms. The van der Waals surface area contributed by atoms with E-state index in [9.17, 15) is 4.79 Å². The monoisotopic (exact) mass is 319 g/mol. The van der Waals surface area contributed by atoms with E-state index in [4.69, 9.17) is 21.1 Å². The first-order valence-electron chi connectivity index (χ1n) is 6.89. The van der Waals surface area contributed by atoms with E-state index in [1.165, 1.54) is 14.2 Å². The van der Waals surface area contributed by atoms with E-state index in [0.717, 1.165) is 5.56 Å². The number of methoxy groups -OCH3 is 2. The van der Waals surface area contributed by atoms with Crippen LogP contribution in [0.5, 0.6) is 11.5 Å². The lowest BCUT2D eigenvalue weighted by Gasteiger charge is -2.13. The van der Waals surface area contributed by atoms with Crippen molar-refractivity contribution in [1.29, 1.82) is 0 Å². The number of nitrogens with one attached hydrogen (secondary N) is 1. The Morgan fingerprint density at radius 3 is 2.41 bits per heavy atom. The first-order chi connectivity index (χ1) is 10.6. The van der Waals surface area contributed by atoms with Gasteiger partial charge in [0.2, 0.25) is 5.91 Å². The number of hydrogen-bond donors (Lipinski definition) is 1. The minimum absolute atomic E-state index is 0.0912. The molecule has 1 amide bonds. The fourth-order valence-electron chi connectivity index (χ4n) is 2.07. The zero-order chi connectivity index (χ0) is 15.9. The average molecular weight is 320 g/mol. The van der Waals surface area contributed by atoms with Crippen molar-refractivity contribution in [1.82, 2.24) is 0 Å². The van der Waals surface area contributed by atoms with Crippen molar-refractivity contribution in [3.05, 3.63) is 53.1 Å². The highest BCUT2D eigenvalue weighted by Crippen LogP contribution is 2.35. The van der Waals surface area contributed by atoms with E-state index in [1.807, 2.05) is 30.3 Å². The first kappa shape index (κ1) is 16.2. The summed E-state index contributed by atoms with van der Waals surface area (Å²) in [5.41, 5.74) is 1.67. The number of ether oxygens (including phenoxy) is 2. The molecule has 1 N–H and O–H groups in total. The van der Waals surface area contributed by atoms with Gasteiger partial charge in [0.1, 0.15) is 11.5 Å². The van der Waals surface area contributed by atoms with Crippen LogP contribution in [0.4, 0.5) is 5.69 Å². The van der Waals surface area contributed by atoms with Gasteiger partial charge in [-0.25, -0.2) is 0 Å². The number of rotatable bonds is 6. The molecule has 0 saturated heterocycles. The van der Waals surface area contributed by atoms with Crippen LogP contribution in [0.3, 0.4) is 0 Å². The van der Waals surface area contributed by atoms with Gasteiger partial charge in [-0.15, -0.1) is 0 Å². The van der Waals surface area contributed by atoms with E-state index >= 15 is 0 Å². The Bertz CT molecular complexity index is 644. The maximum Gasteiger partial charge on any atom is 0.224 e. The Morgan fingerprint density at radius 1 is 1.09 bits per heavy atom. The van der Waals surface area contributed by atoms with E-state index < -0.39 is 0 Å². The molecule has 116 valence electrons. The predicted molar refractivity (Wildman–Crippen MR) is 87.9 cm³/mol. The van der Waals surface area contributed by atoms with Crippen LogP contribution in [0, 0.1) is 0 Å². The highest BCUT2D eigenvalue weighted by molar-refractivity contribution is 6.32. The van der Waals surface area contributed by atoms with Gasteiger partial charge in [-0.05, 0) is 12.0 Å². The lowest BCUT2D eigenvalue weighted by atomic mass is 10.1. The molecule has 4 nitrogen and oxygen atoms in total. The van der Waals surface area contributed by atoms with Crippen LogP contribution in [-0.2, 0) is 11.2 Å². The highest BCUT2D eigenvalue weighted by atomic mass is 35.5. The van der Waals surface area contributed by atoms with Gasteiger partial charge in [-0.2, -0.15) is 0 Å². The SMILES string of the molecule is COc1cc(NC(=O)CCc2ccccc2)c(OC)cc1Cl. The van der Waals surface area contributed by atoms with Crippen molar-refractivity contribution in [2.75, 3.05) is 19.5 Å². The van der Waals surface area contributed by atoms with E-state index in [1.54, 1.807) is 12.1 Å². The minimum Gasteiger partial charge on any atom is -0.495 e. The second kappa shape index (κ2) is 7.71. The third-order valence-corrected chi connectivity index (χ3v) is 3.53. The predicted octanol–water partition coefficient (Wildman–Crippen LogP) is 3.93. The molecule has 2 rings (SSSR count). The fraction of sp³-hybridized carbons (Fsp3) is 0.235. The van der Waals surface area contributed by atoms with Gasteiger partial charge in [0.05, 0.1) is 24.9 Å². The van der Waals surface area contributed by atoms with Gasteiger partial charge in [0.25, 0.3) is 0 Å². The molecule has 0 unspecified atom stereocenters. The van der Waals surface area contributed by atoms with E-state index in [-0.39, 0.29) is 5.91 Å². The van der Waals surface area contributed by atoms with Crippen molar-refractivity contribution in [2.45, 2.75) is 12.8 Å². The van der Waals surface area contributed by atoms with Gasteiger partial charge >= 0.3 is 0 Å². The van der Waals surface area contributed by atoms with Crippen LogP contribution in [0.15, 0.2) is 42.5 Å². The number of carbonyl (C=O) groups excluding carboxylic acids is 1. The van der Waals surface area contributed by atoms with Crippen LogP contribution in [0.25, 0.3) is 0 Å². The van der Waals surface area contributed by atoms with Crippen molar-refractivity contribution in [3.8, 4) is 11.5 Å². The largest absolute Gasteiger partial charge is 0.495 e. The number of halogens is 1. The van der Waals surface area contributed by atoms with Gasteiger partial charge in [-0.3, -0.25) is 4.79 Å². The quantitative estimate of drug-likeness (QED) is 0.877. The summed E-state index contributed by atoms with van der Waals surface area (Å²) in [4.78, 5) is 12.1. The molecule has 0 heterocycles. The molecule has 0 aliphatic carbocycles. The summed E-state index contributed by atoms with van der Waals surface area (Å²) >= 11 is 6.04. The zero-order valence-corrected chi connectivity index (χ0v) is 13.3. The summed E-state index contributed by atoms with van der Waals surface area (Å²) in [5, 5.41) is 3.26. The Labute approximate surface area is 135 Å². The van der Waals surface area contributed by atoms with Crippen LogP contribution < -0.4 is 14.8 Å². The third-order valence-electron chi connectivity index (χ3n) is 3.23. The van der Waals surface area contributed by atoms with Crippen molar-refractivity contribution in [3.63, 3.8) is 0 Å². The number of aryl methyl sites for hydroxylation is 1. The molecule has 0 fully saturated rings. The molecule has 0 aliphatic heterocycles.